The average Bonchev–Trinajstić information content (AvgIpc) is 2.81. The fourth-order valence-corrected chi connectivity index (χ4v) is 8.72. The minimum absolute atomic E-state index is 0.456. The lowest BCUT2D eigenvalue weighted by Crippen LogP contribution is -2.24. The van der Waals surface area contributed by atoms with Crippen LogP contribution in [0, 0.1) is 23.7 Å². The molecule has 18 heavy (non-hydrogen) atoms. The van der Waals surface area contributed by atoms with Crippen LogP contribution in [0.1, 0.15) is 27.2 Å². The van der Waals surface area contributed by atoms with Crippen LogP contribution in [0.3, 0.4) is 0 Å². The van der Waals surface area contributed by atoms with E-state index in [0.717, 1.165) is 23.3 Å². The Morgan fingerprint density at radius 2 is 1.89 bits per heavy atom. The SMILES string of the molecule is CC(C)C1CC2C(C)C1CP2(=O)c1ccccc1. The molecule has 0 spiro atoms. The molecule has 5 atom stereocenters. The highest BCUT2D eigenvalue weighted by Crippen LogP contribution is 2.69. The van der Waals surface area contributed by atoms with Gasteiger partial charge in [-0.3, -0.25) is 0 Å². The van der Waals surface area contributed by atoms with E-state index < -0.39 is 7.14 Å². The van der Waals surface area contributed by atoms with Gasteiger partial charge in [0.05, 0.1) is 0 Å². The lowest BCUT2D eigenvalue weighted by molar-refractivity contribution is 0.286. The van der Waals surface area contributed by atoms with E-state index in [1.165, 1.54) is 6.42 Å². The Morgan fingerprint density at radius 3 is 2.39 bits per heavy atom. The van der Waals surface area contributed by atoms with Crippen molar-refractivity contribution in [3.05, 3.63) is 30.3 Å². The minimum Gasteiger partial charge on any atom is -0.318 e. The van der Waals surface area contributed by atoms with Gasteiger partial charge >= 0.3 is 0 Å². The third-order valence-corrected chi connectivity index (χ3v) is 9.30. The van der Waals surface area contributed by atoms with E-state index in [9.17, 15) is 4.57 Å². The number of hydrogen-bond donors (Lipinski definition) is 0. The molecule has 3 rings (SSSR count). The van der Waals surface area contributed by atoms with Gasteiger partial charge in [-0.2, -0.15) is 0 Å². The van der Waals surface area contributed by atoms with Crippen LogP contribution in [0.15, 0.2) is 30.3 Å². The summed E-state index contributed by atoms with van der Waals surface area (Å²) in [5, 5.41) is 1.13. The second-order valence-electron chi connectivity index (χ2n) is 6.55. The first-order chi connectivity index (χ1) is 8.54. The topological polar surface area (TPSA) is 17.1 Å². The fraction of sp³-hybridized carbons (Fsp3) is 0.625. The van der Waals surface area contributed by atoms with E-state index in [2.05, 4.69) is 32.9 Å². The molecule has 1 aliphatic carbocycles. The van der Waals surface area contributed by atoms with Crippen molar-refractivity contribution in [2.45, 2.75) is 32.9 Å². The lowest BCUT2D eigenvalue weighted by atomic mass is 9.84. The molecule has 98 valence electrons. The predicted molar refractivity (Wildman–Crippen MR) is 77.9 cm³/mol. The molecule has 1 saturated heterocycles. The van der Waals surface area contributed by atoms with Gasteiger partial charge < -0.3 is 4.57 Å². The molecule has 1 heterocycles. The quantitative estimate of drug-likeness (QED) is 0.737. The highest BCUT2D eigenvalue weighted by molar-refractivity contribution is 7.72. The van der Waals surface area contributed by atoms with Gasteiger partial charge in [-0.15, -0.1) is 0 Å². The smallest absolute Gasteiger partial charge is 0.119 e. The van der Waals surface area contributed by atoms with E-state index >= 15 is 0 Å². The summed E-state index contributed by atoms with van der Waals surface area (Å²) in [6.07, 6.45) is 2.15. The van der Waals surface area contributed by atoms with Gasteiger partial charge in [-0.25, -0.2) is 0 Å². The van der Waals surface area contributed by atoms with Gasteiger partial charge in [0.1, 0.15) is 7.14 Å². The Labute approximate surface area is 110 Å². The molecule has 1 aromatic carbocycles. The molecule has 1 saturated carbocycles. The van der Waals surface area contributed by atoms with E-state index in [4.69, 9.17) is 0 Å². The van der Waals surface area contributed by atoms with Crippen LogP contribution in [0.25, 0.3) is 0 Å². The van der Waals surface area contributed by atoms with E-state index in [0.29, 0.717) is 17.5 Å². The lowest BCUT2D eigenvalue weighted by Gasteiger charge is -2.30. The number of rotatable bonds is 2. The molecule has 0 radical (unpaired) electrons. The summed E-state index contributed by atoms with van der Waals surface area (Å²) < 4.78 is 13.4. The van der Waals surface area contributed by atoms with Gasteiger partial charge in [0, 0.05) is 17.1 Å². The zero-order valence-corrected chi connectivity index (χ0v) is 12.4. The Morgan fingerprint density at radius 1 is 1.22 bits per heavy atom. The second kappa shape index (κ2) is 4.23. The number of benzene rings is 1. The molecule has 1 aromatic rings. The summed E-state index contributed by atoms with van der Waals surface area (Å²) in [5.74, 6) is 2.90. The largest absolute Gasteiger partial charge is 0.318 e. The van der Waals surface area contributed by atoms with Crippen molar-refractivity contribution in [3.63, 3.8) is 0 Å². The molecule has 0 amide bonds. The third-order valence-electron chi connectivity index (χ3n) is 5.41. The zero-order chi connectivity index (χ0) is 12.9. The number of hydrogen-bond acceptors (Lipinski definition) is 1. The maximum atomic E-state index is 13.4. The summed E-state index contributed by atoms with van der Waals surface area (Å²) in [7, 11) is -2.12. The predicted octanol–water partition coefficient (Wildman–Crippen LogP) is 3.99. The Kier molecular flexibility index (Phi) is 2.94. The molecule has 2 fully saturated rings. The van der Waals surface area contributed by atoms with Crippen LogP contribution >= 0.6 is 7.14 Å². The van der Waals surface area contributed by atoms with Gasteiger partial charge in [0.15, 0.2) is 0 Å². The van der Waals surface area contributed by atoms with Crippen LogP contribution in [0.5, 0.6) is 0 Å². The molecule has 1 nitrogen and oxygen atoms in total. The summed E-state index contributed by atoms with van der Waals surface area (Å²) >= 11 is 0. The summed E-state index contributed by atoms with van der Waals surface area (Å²) in [6, 6.07) is 10.2. The molecule has 2 aliphatic rings. The van der Waals surface area contributed by atoms with Gasteiger partial charge in [-0.05, 0) is 30.1 Å². The van der Waals surface area contributed by atoms with Gasteiger partial charge in [0.2, 0.25) is 0 Å². The van der Waals surface area contributed by atoms with Gasteiger partial charge in [-0.1, -0.05) is 51.1 Å². The van der Waals surface area contributed by atoms with Crippen molar-refractivity contribution in [2.24, 2.45) is 23.7 Å². The highest BCUT2D eigenvalue weighted by Gasteiger charge is 2.57. The summed E-state index contributed by atoms with van der Waals surface area (Å²) in [4.78, 5) is 0. The Balaban J connectivity index is 1.94. The monoisotopic (exact) mass is 262 g/mol. The third kappa shape index (κ3) is 1.63. The van der Waals surface area contributed by atoms with Crippen molar-refractivity contribution in [2.75, 3.05) is 6.16 Å². The standard InChI is InChI=1S/C16H23OP/c1-11(2)14-9-16-12(3)15(14)10-18(16,17)13-7-5-4-6-8-13/h4-8,11-12,14-16H,9-10H2,1-3H3. The van der Waals surface area contributed by atoms with Gasteiger partial charge in [0.25, 0.3) is 0 Å². The normalized spacial score (nSPS) is 42.7. The van der Waals surface area contributed by atoms with Crippen molar-refractivity contribution in [1.82, 2.24) is 0 Å². The molecular formula is C16H23OP. The van der Waals surface area contributed by atoms with Crippen molar-refractivity contribution >= 4 is 12.4 Å². The molecule has 1 aliphatic heterocycles. The zero-order valence-electron chi connectivity index (χ0n) is 11.5. The molecule has 0 N–H and O–H groups in total. The summed E-state index contributed by atoms with van der Waals surface area (Å²) in [5.41, 5.74) is 0.456. The molecule has 2 bridgehead atoms. The summed E-state index contributed by atoms with van der Waals surface area (Å²) in [6.45, 7) is 6.98. The molecule has 5 unspecified atom stereocenters. The van der Waals surface area contributed by atoms with Crippen molar-refractivity contribution < 1.29 is 4.57 Å². The van der Waals surface area contributed by atoms with Crippen LogP contribution in [-0.4, -0.2) is 11.8 Å². The highest BCUT2D eigenvalue weighted by atomic mass is 31.2. The second-order valence-corrected chi connectivity index (χ2v) is 9.68. The van der Waals surface area contributed by atoms with Crippen LogP contribution in [0.2, 0.25) is 0 Å². The Bertz CT molecular complexity index is 479. The maximum Gasteiger partial charge on any atom is 0.119 e. The minimum atomic E-state index is -2.12. The first-order valence-electron chi connectivity index (χ1n) is 7.18. The van der Waals surface area contributed by atoms with Crippen molar-refractivity contribution in [1.29, 1.82) is 0 Å². The molecular weight excluding hydrogens is 239 g/mol. The Hall–Kier alpha value is -0.550. The van der Waals surface area contributed by atoms with Crippen LogP contribution in [-0.2, 0) is 4.57 Å². The van der Waals surface area contributed by atoms with Crippen LogP contribution < -0.4 is 5.30 Å². The fourth-order valence-electron chi connectivity index (χ4n) is 4.39. The first kappa shape index (κ1) is 12.5. The van der Waals surface area contributed by atoms with E-state index in [1.54, 1.807) is 0 Å². The van der Waals surface area contributed by atoms with E-state index in [-0.39, 0.29) is 0 Å². The van der Waals surface area contributed by atoms with Crippen LogP contribution in [0.4, 0.5) is 0 Å². The molecule has 0 aromatic heterocycles. The average molecular weight is 262 g/mol. The first-order valence-corrected chi connectivity index (χ1v) is 9.14. The molecule has 2 heteroatoms. The van der Waals surface area contributed by atoms with E-state index in [1.807, 2.05) is 18.2 Å². The van der Waals surface area contributed by atoms with Crippen molar-refractivity contribution in [3.8, 4) is 0 Å². The number of fused-ring (bicyclic) bond motifs is 2. The maximum absolute atomic E-state index is 13.4.